The maximum atomic E-state index is 5.85. The van der Waals surface area contributed by atoms with E-state index in [1.165, 1.54) is 18.6 Å². The predicted molar refractivity (Wildman–Crippen MR) is 50.4 cm³/mol. The van der Waals surface area contributed by atoms with Crippen LogP contribution in [-0.4, -0.2) is 18.1 Å². The van der Waals surface area contributed by atoms with Crippen LogP contribution < -0.4 is 5.73 Å². The SMILES string of the molecule is CSCCCC(N)C(C)C. The molecule has 0 aliphatic carbocycles. The normalized spacial score (nSPS) is 14.1. The van der Waals surface area contributed by atoms with Gasteiger partial charge in [0.25, 0.3) is 0 Å². The van der Waals surface area contributed by atoms with Crippen molar-refractivity contribution in [3.63, 3.8) is 0 Å². The average Bonchev–Trinajstić information content (AvgIpc) is 1.88. The third-order valence-corrected chi connectivity index (χ3v) is 2.44. The summed E-state index contributed by atoms with van der Waals surface area (Å²) in [4.78, 5) is 0. The summed E-state index contributed by atoms with van der Waals surface area (Å²) in [6.45, 7) is 4.37. The zero-order valence-corrected chi connectivity index (χ0v) is 8.08. The number of hydrogen-bond donors (Lipinski definition) is 1. The van der Waals surface area contributed by atoms with Gasteiger partial charge in [0.05, 0.1) is 0 Å². The van der Waals surface area contributed by atoms with Gasteiger partial charge in [-0.2, -0.15) is 11.8 Å². The molecule has 1 unspecified atom stereocenters. The van der Waals surface area contributed by atoms with Gasteiger partial charge < -0.3 is 5.73 Å². The maximum Gasteiger partial charge on any atom is 0.00621 e. The maximum absolute atomic E-state index is 5.85. The zero-order valence-electron chi connectivity index (χ0n) is 7.26. The third kappa shape index (κ3) is 5.12. The van der Waals surface area contributed by atoms with Crippen LogP contribution in [0.3, 0.4) is 0 Å². The van der Waals surface area contributed by atoms with E-state index in [1.807, 2.05) is 11.8 Å². The molecule has 0 spiro atoms. The van der Waals surface area contributed by atoms with Gasteiger partial charge in [-0.15, -0.1) is 0 Å². The Morgan fingerprint density at radius 2 is 2.00 bits per heavy atom. The van der Waals surface area contributed by atoms with Crippen LogP contribution in [0.25, 0.3) is 0 Å². The Hall–Kier alpha value is 0.310. The fourth-order valence-corrected chi connectivity index (χ4v) is 1.25. The molecular formula is C8H19NS. The molecule has 1 nitrogen and oxygen atoms in total. The highest BCUT2D eigenvalue weighted by molar-refractivity contribution is 7.98. The van der Waals surface area contributed by atoms with E-state index >= 15 is 0 Å². The smallest absolute Gasteiger partial charge is 0.00621 e. The summed E-state index contributed by atoms with van der Waals surface area (Å²) in [5, 5.41) is 0. The third-order valence-electron chi connectivity index (χ3n) is 1.74. The van der Waals surface area contributed by atoms with Crippen LogP contribution in [0.2, 0.25) is 0 Å². The Morgan fingerprint density at radius 3 is 2.40 bits per heavy atom. The highest BCUT2D eigenvalue weighted by Gasteiger charge is 2.05. The number of nitrogens with two attached hydrogens (primary N) is 1. The first-order valence-corrected chi connectivity index (χ1v) is 5.32. The number of hydrogen-bond acceptors (Lipinski definition) is 2. The van der Waals surface area contributed by atoms with E-state index in [9.17, 15) is 0 Å². The average molecular weight is 161 g/mol. The van der Waals surface area contributed by atoms with Gasteiger partial charge in [-0.25, -0.2) is 0 Å². The highest BCUT2D eigenvalue weighted by Crippen LogP contribution is 2.07. The molecule has 10 heavy (non-hydrogen) atoms. The Labute approximate surface area is 68.8 Å². The van der Waals surface area contributed by atoms with Crippen molar-refractivity contribution in [2.75, 3.05) is 12.0 Å². The largest absolute Gasteiger partial charge is 0.327 e. The molecule has 0 radical (unpaired) electrons. The molecule has 1 atom stereocenters. The van der Waals surface area contributed by atoms with Crippen LogP contribution in [0.15, 0.2) is 0 Å². The topological polar surface area (TPSA) is 26.0 Å². The summed E-state index contributed by atoms with van der Waals surface area (Å²) in [6.07, 6.45) is 4.58. The fourth-order valence-electron chi connectivity index (χ4n) is 0.797. The molecule has 0 bridgehead atoms. The van der Waals surface area contributed by atoms with Gasteiger partial charge in [0.15, 0.2) is 0 Å². The molecule has 0 fully saturated rings. The number of thioether (sulfide) groups is 1. The first-order valence-electron chi connectivity index (χ1n) is 3.93. The molecule has 0 amide bonds. The van der Waals surface area contributed by atoms with Crippen molar-refractivity contribution in [3.05, 3.63) is 0 Å². The molecule has 0 aromatic heterocycles. The monoisotopic (exact) mass is 161 g/mol. The lowest BCUT2D eigenvalue weighted by Crippen LogP contribution is -2.26. The van der Waals surface area contributed by atoms with Crippen molar-refractivity contribution in [1.29, 1.82) is 0 Å². The van der Waals surface area contributed by atoms with Gasteiger partial charge in [0.2, 0.25) is 0 Å². The molecule has 0 saturated carbocycles. The van der Waals surface area contributed by atoms with Gasteiger partial charge in [0.1, 0.15) is 0 Å². The molecule has 62 valence electrons. The molecule has 0 aromatic rings. The lowest BCUT2D eigenvalue weighted by molar-refractivity contribution is 0.461. The quantitative estimate of drug-likeness (QED) is 0.625. The fraction of sp³-hybridized carbons (Fsp3) is 1.00. The van der Waals surface area contributed by atoms with E-state index in [2.05, 4.69) is 20.1 Å². The van der Waals surface area contributed by atoms with Crippen LogP contribution in [0.4, 0.5) is 0 Å². The van der Waals surface area contributed by atoms with Crippen molar-refractivity contribution < 1.29 is 0 Å². The second-order valence-electron chi connectivity index (χ2n) is 3.04. The lowest BCUT2D eigenvalue weighted by Gasteiger charge is -2.14. The van der Waals surface area contributed by atoms with E-state index in [0.717, 1.165) is 0 Å². The Balaban J connectivity index is 3.13. The van der Waals surface area contributed by atoms with Crippen LogP contribution >= 0.6 is 11.8 Å². The molecule has 0 heterocycles. The predicted octanol–water partition coefficient (Wildman–Crippen LogP) is 2.11. The van der Waals surface area contributed by atoms with Gasteiger partial charge in [-0.05, 0) is 30.8 Å². The second-order valence-corrected chi connectivity index (χ2v) is 4.03. The zero-order chi connectivity index (χ0) is 7.98. The molecular weight excluding hydrogens is 142 g/mol. The summed E-state index contributed by atoms with van der Waals surface area (Å²) >= 11 is 1.90. The standard InChI is InChI=1S/C8H19NS/c1-7(2)8(9)5-4-6-10-3/h7-8H,4-6,9H2,1-3H3. The van der Waals surface area contributed by atoms with E-state index in [1.54, 1.807) is 0 Å². The number of rotatable bonds is 5. The van der Waals surface area contributed by atoms with Crippen molar-refractivity contribution in [3.8, 4) is 0 Å². The molecule has 0 rings (SSSR count). The summed E-state index contributed by atoms with van der Waals surface area (Å²) in [5.41, 5.74) is 5.85. The summed E-state index contributed by atoms with van der Waals surface area (Å²) in [7, 11) is 0. The molecule has 0 aliphatic rings. The van der Waals surface area contributed by atoms with E-state index in [0.29, 0.717) is 12.0 Å². The van der Waals surface area contributed by atoms with Crippen molar-refractivity contribution in [1.82, 2.24) is 0 Å². The van der Waals surface area contributed by atoms with Crippen LogP contribution in [-0.2, 0) is 0 Å². The molecule has 0 aliphatic heterocycles. The van der Waals surface area contributed by atoms with Crippen LogP contribution in [0, 0.1) is 5.92 Å². The molecule has 2 heteroatoms. The van der Waals surface area contributed by atoms with Crippen LogP contribution in [0.1, 0.15) is 26.7 Å². The first kappa shape index (κ1) is 10.3. The Bertz CT molecular complexity index is 73.7. The Morgan fingerprint density at radius 1 is 1.40 bits per heavy atom. The summed E-state index contributed by atoms with van der Waals surface area (Å²) < 4.78 is 0. The van der Waals surface area contributed by atoms with Crippen LogP contribution in [0.5, 0.6) is 0 Å². The van der Waals surface area contributed by atoms with E-state index in [-0.39, 0.29) is 0 Å². The van der Waals surface area contributed by atoms with Crippen molar-refractivity contribution >= 4 is 11.8 Å². The minimum Gasteiger partial charge on any atom is -0.327 e. The van der Waals surface area contributed by atoms with E-state index in [4.69, 9.17) is 5.73 Å². The Kier molecular flexibility index (Phi) is 6.24. The van der Waals surface area contributed by atoms with Gasteiger partial charge in [0, 0.05) is 6.04 Å². The first-order chi connectivity index (χ1) is 4.68. The van der Waals surface area contributed by atoms with Gasteiger partial charge in [-0.3, -0.25) is 0 Å². The minimum absolute atomic E-state index is 0.409. The summed E-state index contributed by atoms with van der Waals surface area (Å²) in [6, 6.07) is 0.409. The summed E-state index contributed by atoms with van der Waals surface area (Å²) in [5.74, 6) is 1.89. The molecule has 0 saturated heterocycles. The minimum atomic E-state index is 0.409. The van der Waals surface area contributed by atoms with Gasteiger partial charge >= 0.3 is 0 Å². The molecule has 2 N–H and O–H groups in total. The van der Waals surface area contributed by atoms with Gasteiger partial charge in [-0.1, -0.05) is 13.8 Å². The van der Waals surface area contributed by atoms with Crippen molar-refractivity contribution in [2.45, 2.75) is 32.7 Å². The van der Waals surface area contributed by atoms with Crippen molar-refractivity contribution in [2.24, 2.45) is 11.7 Å². The second kappa shape index (κ2) is 6.05. The lowest BCUT2D eigenvalue weighted by atomic mass is 10.0. The highest BCUT2D eigenvalue weighted by atomic mass is 32.2. The molecule has 0 aromatic carbocycles. The van der Waals surface area contributed by atoms with E-state index < -0.39 is 0 Å².